The van der Waals surface area contributed by atoms with Crippen LogP contribution in [-0.4, -0.2) is 34.6 Å². The quantitative estimate of drug-likeness (QED) is 0.684. The molecule has 1 aromatic heterocycles. The molecule has 0 fully saturated rings. The van der Waals surface area contributed by atoms with Gasteiger partial charge in [-0.25, -0.2) is 0 Å². The summed E-state index contributed by atoms with van der Waals surface area (Å²) in [6.07, 6.45) is 0. The van der Waals surface area contributed by atoms with Gasteiger partial charge in [0.15, 0.2) is 0 Å². The van der Waals surface area contributed by atoms with Crippen LogP contribution in [0.25, 0.3) is 11.5 Å². The van der Waals surface area contributed by atoms with Crippen LogP contribution < -0.4 is 5.32 Å². The van der Waals surface area contributed by atoms with Gasteiger partial charge in [-0.1, -0.05) is 29.3 Å². The van der Waals surface area contributed by atoms with Gasteiger partial charge in [0.1, 0.15) is 0 Å². The number of rotatable bonds is 6. The van der Waals surface area contributed by atoms with Crippen molar-refractivity contribution in [2.24, 2.45) is 0 Å². The fourth-order valence-electron chi connectivity index (χ4n) is 2.58. The predicted octanol–water partition coefficient (Wildman–Crippen LogP) is 4.33. The van der Waals surface area contributed by atoms with Crippen molar-refractivity contribution in [3.63, 3.8) is 0 Å². The maximum atomic E-state index is 12.3. The smallest absolute Gasteiger partial charge is 0.247 e. The number of anilines is 1. The number of aromatic nitrogens is 2. The van der Waals surface area contributed by atoms with Crippen molar-refractivity contribution in [2.45, 2.75) is 19.9 Å². The first-order valence-corrected chi connectivity index (χ1v) is 8.96. The molecule has 1 atom stereocenters. The third-order valence-electron chi connectivity index (χ3n) is 4.25. The van der Waals surface area contributed by atoms with Crippen LogP contribution in [0.15, 0.2) is 52.9 Å². The lowest BCUT2D eigenvalue weighted by atomic mass is 10.1. The van der Waals surface area contributed by atoms with Gasteiger partial charge < -0.3 is 9.73 Å². The summed E-state index contributed by atoms with van der Waals surface area (Å²) in [7, 11) is 1.84. The number of halogens is 1. The van der Waals surface area contributed by atoms with E-state index in [1.165, 1.54) is 0 Å². The molecule has 1 amide bonds. The minimum Gasteiger partial charge on any atom is -0.419 e. The first-order chi connectivity index (χ1) is 12.9. The predicted molar refractivity (Wildman–Crippen MR) is 106 cm³/mol. The standard InChI is InChI=1S/C20H21ClN4O2/c1-13-5-4-6-15(11-13)20-24-23-19(27-20)14(2)25(3)12-18(26)22-17-9-7-16(21)8-10-17/h4-11,14H,12H2,1-3H3,(H,22,26)/t14-/m1/s1. The Balaban J connectivity index is 1.62. The number of nitrogens with one attached hydrogen (secondary N) is 1. The number of amides is 1. The van der Waals surface area contributed by atoms with Crippen molar-refractivity contribution in [3.05, 3.63) is 65.0 Å². The highest BCUT2D eigenvalue weighted by atomic mass is 35.5. The Hall–Kier alpha value is -2.70. The molecule has 27 heavy (non-hydrogen) atoms. The molecule has 1 N–H and O–H groups in total. The highest BCUT2D eigenvalue weighted by Crippen LogP contribution is 2.23. The number of hydrogen-bond donors (Lipinski definition) is 1. The van der Waals surface area contributed by atoms with E-state index in [-0.39, 0.29) is 18.5 Å². The lowest BCUT2D eigenvalue weighted by Gasteiger charge is -2.21. The lowest BCUT2D eigenvalue weighted by Crippen LogP contribution is -2.32. The van der Waals surface area contributed by atoms with E-state index < -0.39 is 0 Å². The topological polar surface area (TPSA) is 71.3 Å². The van der Waals surface area contributed by atoms with Crippen molar-refractivity contribution in [3.8, 4) is 11.5 Å². The first kappa shape index (κ1) is 19.1. The Kier molecular flexibility index (Phi) is 5.88. The third-order valence-corrected chi connectivity index (χ3v) is 4.50. The van der Waals surface area contributed by atoms with Gasteiger partial charge in [-0.3, -0.25) is 9.69 Å². The summed E-state index contributed by atoms with van der Waals surface area (Å²) in [4.78, 5) is 14.1. The zero-order chi connectivity index (χ0) is 19.4. The molecule has 0 aliphatic rings. The van der Waals surface area contributed by atoms with Gasteiger partial charge in [-0.15, -0.1) is 10.2 Å². The molecule has 3 rings (SSSR count). The van der Waals surface area contributed by atoms with Crippen LogP contribution in [0, 0.1) is 6.92 Å². The molecule has 0 aliphatic carbocycles. The summed E-state index contributed by atoms with van der Waals surface area (Å²) in [5.41, 5.74) is 2.70. The zero-order valence-corrected chi connectivity index (χ0v) is 16.2. The van der Waals surface area contributed by atoms with Crippen LogP contribution in [0.4, 0.5) is 5.69 Å². The average molecular weight is 385 g/mol. The first-order valence-electron chi connectivity index (χ1n) is 8.58. The number of carbonyl (C=O) groups is 1. The normalized spacial score (nSPS) is 12.2. The van der Waals surface area contributed by atoms with E-state index in [4.69, 9.17) is 16.0 Å². The van der Waals surface area contributed by atoms with Crippen LogP contribution in [0.3, 0.4) is 0 Å². The number of carbonyl (C=O) groups excluding carboxylic acids is 1. The van der Waals surface area contributed by atoms with E-state index in [1.54, 1.807) is 24.3 Å². The van der Waals surface area contributed by atoms with Crippen LogP contribution in [0.1, 0.15) is 24.4 Å². The molecule has 6 nitrogen and oxygen atoms in total. The highest BCUT2D eigenvalue weighted by Gasteiger charge is 2.21. The molecule has 0 radical (unpaired) electrons. The van der Waals surface area contributed by atoms with Crippen LogP contribution in [0.2, 0.25) is 5.02 Å². The summed E-state index contributed by atoms with van der Waals surface area (Å²) in [6.45, 7) is 4.12. The van der Waals surface area contributed by atoms with E-state index in [0.29, 0.717) is 22.5 Å². The fourth-order valence-corrected chi connectivity index (χ4v) is 2.71. The Morgan fingerprint density at radius 2 is 1.96 bits per heavy atom. The van der Waals surface area contributed by atoms with E-state index in [9.17, 15) is 4.79 Å². The minimum absolute atomic E-state index is 0.134. The summed E-state index contributed by atoms with van der Waals surface area (Å²) >= 11 is 5.85. The van der Waals surface area contributed by atoms with E-state index in [2.05, 4.69) is 15.5 Å². The zero-order valence-electron chi connectivity index (χ0n) is 15.4. The summed E-state index contributed by atoms with van der Waals surface area (Å²) in [5.74, 6) is 0.804. The molecule has 3 aromatic rings. The number of hydrogen-bond acceptors (Lipinski definition) is 5. The summed E-state index contributed by atoms with van der Waals surface area (Å²) in [5, 5.41) is 11.7. The third kappa shape index (κ3) is 4.93. The number of aryl methyl sites for hydroxylation is 1. The van der Waals surface area contributed by atoms with Crippen LogP contribution >= 0.6 is 11.6 Å². The van der Waals surface area contributed by atoms with Crippen LogP contribution in [0.5, 0.6) is 0 Å². The molecular weight excluding hydrogens is 364 g/mol. The SMILES string of the molecule is Cc1cccc(-c2nnc([C@@H](C)N(C)CC(=O)Nc3ccc(Cl)cc3)o2)c1. The highest BCUT2D eigenvalue weighted by molar-refractivity contribution is 6.30. The number of likely N-dealkylation sites (N-methyl/N-ethyl adjacent to an activating group) is 1. The molecule has 0 spiro atoms. The number of nitrogens with zero attached hydrogens (tertiary/aromatic N) is 3. The number of benzene rings is 2. The van der Waals surface area contributed by atoms with E-state index >= 15 is 0 Å². The monoisotopic (exact) mass is 384 g/mol. The Morgan fingerprint density at radius 1 is 1.22 bits per heavy atom. The largest absolute Gasteiger partial charge is 0.419 e. The van der Waals surface area contributed by atoms with Crippen molar-refractivity contribution >= 4 is 23.2 Å². The molecule has 7 heteroatoms. The lowest BCUT2D eigenvalue weighted by molar-refractivity contribution is -0.117. The van der Waals surface area contributed by atoms with Crippen LogP contribution in [-0.2, 0) is 4.79 Å². The van der Waals surface area contributed by atoms with E-state index in [0.717, 1.165) is 11.1 Å². The van der Waals surface area contributed by atoms with Crippen molar-refractivity contribution in [1.82, 2.24) is 15.1 Å². The second kappa shape index (κ2) is 8.33. The van der Waals surface area contributed by atoms with Gasteiger partial charge in [0.05, 0.1) is 12.6 Å². The van der Waals surface area contributed by atoms with Gasteiger partial charge >= 0.3 is 0 Å². The van der Waals surface area contributed by atoms with Crippen molar-refractivity contribution in [1.29, 1.82) is 0 Å². The summed E-state index contributed by atoms with van der Waals surface area (Å²) in [6, 6.07) is 14.7. The minimum atomic E-state index is -0.202. The second-order valence-corrected chi connectivity index (χ2v) is 6.90. The molecular formula is C20H21ClN4O2. The molecule has 0 saturated heterocycles. The maximum Gasteiger partial charge on any atom is 0.247 e. The Bertz CT molecular complexity index is 924. The Labute approximate surface area is 163 Å². The summed E-state index contributed by atoms with van der Waals surface area (Å²) < 4.78 is 5.81. The van der Waals surface area contributed by atoms with Gasteiger partial charge in [0.2, 0.25) is 17.7 Å². The van der Waals surface area contributed by atoms with Crippen molar-refractivity contribution < 1.29 is 9.21 Å². The van der Waals surface area contributed by atoms with E-state index in [1.807, 2.05) is 50.1 Å². The molecule has 0 bridgehead atoms. The molecule has 140 valence electrons. The average Bonchev–Trinajstić information content (AvgIpc) is 3.13. The maximum absolute atomic E-state index is 12.3. The molecule has 2 aromatic carbocycles. The Morgan fingerprint density at radius 3 is 2.67 bits per heavy atom. The second-order valence-electron chi connectivity index (χ2n) is 6.46. The van der Waals surface area contributed by atoms with Gasteiger partial charge in [0.25, 0.3) is 0 Å². The fraction of sp³-hybridized carbons (Fsp3) is 0.250. The van der Waals surface area contributed by atoms with Crippen molar-refractivity contribution in [2.75, 3.05) is 18.9 Å². The molecule has 0 saturated carbocycles. The molecule has 0 aliphatic heterocycles. The van der Waals surface area contributed by atoms with Gasteiger partial charge in [-0.2, -0.15) is 0 Å². The van der Waals surface area contributed by atoms with Gasteiger partial charge in [0, 0.05) is 16.3 Å². The van der Waals surface area contributed by atoms with Gasteiger partial charge in [-0.05, 0) is 57.3 Å². The molecule has 0 unspecified atom stereocenters. The molecule has 1 heterocycles.